The van der Waals surface area contributed by atoms with Crippen molar-refractivity contribution < 1.29 is 13.5 Å². The number of nitrogens with zero attached hydrogens (tertiary/aromatic N) is 2. The first-order chi connectivity index (χ1) is 10.0. The van der Waals surface area contributed by atoms with Crippen LogP contribution in [-0.2, 0) is 0 Å². The molecule has 112 valence electrons. The van der Waals surface area contributed by atoms with Crippen LogP contribution in [0.4, 0.5) is 13.9 Å². The van der Waals surface area contributed by atoms with Gasteiger partial charge in [0, 0.05) is 24.9 Å². The average molecular weight is 310 g/mol. The Balaban J connectivity index is 1.55. The number of ether oxygens (including phenoxy) is 1. The van der Waals surface area contributed by atoms with Crippen molar-refractivity contribution in [3.63, 3.8) is 0 Å². The van der Waals surface area contributed by atoms with Crippen LogP contribution in [0, 0.1) is 5.41 Å². The molecule has 1 saturated carbocycles. The van der Waals surface area contributed by atoms with Crippen LogP contribution in [0.25, 0.3) is 10.2 Å². The molecule has 0 radical (unpaired) electrons. The van der Waals surface area contributed by atoms with E-state index in [1.54, 1.807) is 18.4 Å². The molecule has 4 rings (SSSR count). The van der Waals surface area contributed by atoms with Gasteiger partial charge in [-0.05, 0) is 31.0 Å². The van der Waals surface area contributed by atoms with Crippen molar-refractivity contribution in [2.75, 3.05) is 25.1 Å². The van der Waals surface area contributed by atoms with Crippen LogP contribution in [0.5, 0.6) is 5.75 Å². The third-order valence-electron chi connectivity index (χ3n) is 4.79. The summed E-state index contributed by atoms with van der Waals surface area (Å²) in [6.45, 7) is 1.35. The van der Waals surface area contributed by atoms with Crippen LogP contribution in [0.15, 0.2) is 18.2 Å². The lowest BCUT2D eigenvalue weighted by atomic mass is 9.93. The normalized spacial score (nSPS) is 22.7. The third kappa shape index (κ3) is 1.99. The van der Waals surface area contributed by atoms with E-state index in [-0.39, 0.29) is 6.42 Å². The lowest BCUT2D eigenvalue weighted by Crippen LogP contribution is -2.36. The molecular weight excluding hydrogens is 294 g/mol. The highest BCUT2D eigenvalue weighted by Gasteiger charge is 2.70. The van der Waals surface area contributed by atoms with Gasteiger partial charge in [0.1, 0.15) is 5.75 Å². The molecule has 0 amide bonds. The highest BCUT2D eigenvalue weighted by molar-refractivity contribution is 7.22. The van der Waals surface area contributed by atoms with Gasteiger partial charge in [0.15, 0.2) is 5.13 Å². The minimum Gasteiger partial charge on any atom is -0.497 e. The van der Waals surface area contributed by atoms with Crippen LogP contribution in [0.1, 0.15) is 19.3 Å². The molecule has 1 aromatic heterocycles. The summed E-state index contributed by atoms with van der Waals surface area (Å²) in [7, 11) is 1.64. The first-order valence-electron chi connectivity index (χ1n) is 7.10. The first-order valence-corrected chi connectivity index (χ1v) is 7.92. The largest absolute Gasteiger partial charge is 0.497 e. The molecule has 2 aliphatic rings. The number of methoxy groups -OCH3 is 1. The van der Waals surface area contributed by atoms with E-state index >= 15 is 0 Å². The summed E-state index contributed by atoms with van der Waals surface area (Å²) in [5, 5.41) is 0.928. The number of alkyl halides is 2. The highest BCUT2D eigenvalue weighted by Crippen LogP contribution is 2.66. The third-order valence-corrected chi connectivity index (χ3v) is 5.87. The number of piperidine rings is 1. The summed E-state index contributed by atoms with van der Waals surface area (Å²) in [4.78, 5) is 6.75. The molecule has 1 saturated heterocycles. The fraction of sp³-hybridized carbons (Fsp3) is 0.533. The zero-order valence-corrected chi connectivity index (χ0v) is 12.6. The van der Waals surface area contributed by atoms with Crippen molar-refractivity contribution in [1.29, 1.82) is 0 Å². The number of hydrogen-bond donors (Lipinski definition) is 0. The Bertz CT molecular complexity index is 692. The van der Waals surface area contributed by atoms with Gasteiger partial charge in [-0.15, -0.1) is 0 Å². The van der Waals surface area contributed by atoms with E-state index in [9.17, 15) is 8.78 Å². The Morgan fingerprint density at radius 2 is 2.00 bits per heavy atom. The quantitative estimate of drug-likeness (QED) is 0.840. The van der Waals surface area contributed by atoms with Crippen LogP contribution in [0.3, 0.4) is 0 Å². The molecule has 2 fully saturated rings. The molecule has 0 unspecified atom stereocenters. The summed E-state index contributed by atoms with van der Waals surface area (Å²) >= 11 is 1.60. The predicted octanol–water partition coefficient (Wildman–Crippen LogP) is 3.93. The number of aromatic nitrogens is 1. The zero-order chi connectivity index (χ0) is 14.7. The average Bonchev–Trinajstić information content (AvgIpc) is 2.85. The molecular formula is C15H16F2N2OS. The topological polar surface area (TPSA) is 25.4 Å². The number of fused-ring (bicyclic) bond motifs is 1. The molecule has 0 bridgehead atoms. The van der Waals surface area contributed by atoms with E-state index in [2.05, 4.69) is 9.88 Å². The second-order valence-corrected chi connectivity index (χ2v) is 6.99. The summed E-state index contributed by atoms with van der Waals surface area (Å²) < 4.78 is 33.1. The zero-order valence-electron chi connectivity index (χ0n) is 11.7. The smallest absolute Gasteiger partial charge is 0.254 e. The van der Waals surface area contributed by atoms with E-state index < -0.39 is 11.3 Å². The maximum Gasteiger partial charge on any atom is 0.254 e. The van der Waals surface area contributed by atoms with Crippen molar-refractivity contribution in [2.24, 2.45) is 5.41 Å². The van der Waals surface area contributed by atoms with E-state index in [0.717, 1.165) is 21.1 Å². The summed E-state index contributed by atoms with van der Waals surface area (Å²) in [5.41, 5.74) is 0.233. The number of rotatable bonds is 2. The highest BCUT2D eigenvalue weighted by atomic mass is 32.1. The molecule has 21 heavy (non-hydrogen) atoms. The van der Waals surface area contributed by atoms with E-state index in [4.69, 9.17) is 4.74 Å². The first kappa shape index (κ1) is 13.2. The van der Waals surface area contributed by atoms with Gasteiger partial charge in [-0.1, -0.05) is 11.3 Å². The van der Waals surface area contributed by atoms with Gasteiger partial charge < -0.3 is 9.64 Å². The Morgan fingerprint density at radius 3 is 2.62 bits per heavy atom. The van der Waals surface area contributed by atoms with Crippen LogP contribution in [0.2, 0.25) is 0 Å². The fourth-order valence-corrected chi connectivity index (χ4v) is 4.25. The Kier molecular flexibility index (Phi) is 2.70. The molecule has 3 nitrogen and oxygen atoms in total. The van der Waals surface area contributed by atoms with Crippen LogP contribution in [-0.4, -0.2) is 31.1 Å². The van der Waals surface area contributed by atoms with Gasteiger partial charge in [0.25, 0.3) is 5.92 Å². The van der Waals surface area contributed by atoms with Gasteiger partial charge in [-0.25, -0.2) is 13.8 Å². The van der Waals surface area contributed by atoms with Crippen molar-refractivity contribution in [3.05, 3.63) is 18.2 Å². The van der Waals surface area contributed by atoms with E-state index in [0.29, 0.717) is 25.9 Å². The number of halogens is 2. The minimum absolute atomic E-state index is 0.0743. The lowest BCUT2D eigenvalue weighted by molar-refractivity contribution is 0.0537. The van der Waals surface area contributed by atoms with Gasteiger partial charge >= 0.3 is 0 Å². The monoisotopic (exact) mass is 310 g/mol. The number of hydrogen-bond acceptors (Lipinski definition) is 4. The maximum absolute atomic E-state index is 13.4. The summed E-state index contributed by atoms with van der Waals surface area (Å²) in [5.74, 6) is -1.62. The standard InChI is InChI=1S/C15H16F2N2OS/c1-20-10-2-3-11-12(8-10)21-13(18-11)19-6-4-14(5-7-19)9-15(14,16)17/h2-3,8H,4-7,9H2,1H3. The molecule has 1 aromatic carbocycles. The Hall–Kier alpha value is -1.43. The van der Waals surface area contributed by atoms with Gasteiger partial charge in [-0.2, -0.15) is 0 Å². The Morgan fingerprint density at radius 1 is 1.29 bits per heavy atom. The molecule has 2 heterocycles. The van der Waals surface area contributed by atoms with E-state index in [1.165, 1.54) is 0 Å². The molecule has 1 aliphatic carbocycles. The summed E-state index contributed by atoms with van der Waals surface area (Å²) in [6.07, 6.45) is 1.21. The van der Waals surface area contributed by atoms with Gasteiger partial charge in [0.05, 0.1) is 17.3 Å². The molecule has 1 spiro atoms. The van der Waals surface area contributed by atoms with Crippen LogP contribution < -0.4 is 9.64 Å². The fourth-order valence-electron chi connectivity index (χ4n) is 3.20. The SMILES string of the molecule is COc1ccc2nc(N3CCC4(CC3)CC4(F)F)sc2c1. The predicted molar refractivity (Wildman–Crippen MR) is 79.6 cm³/mol. The van der Waals surface area contributed by atoms with Crippen molar-refractivity contribution in [2.45, 2.75) is 25.2 Å². The molecule has 1 aliphatic heterocycles. The van der Waals surface area contributed by atoms with Crippen LogP contribution >= 0.6 is 11.3 Å². The van der Waals surface area contributed by atoms with E-state index in [1.807, 2.05) is 18.2 Å². The second kappa shape index (κ2) is 4.29. The number of thiazole rings is 1. The van der Waals surface area contributed by atoms with Gasteiger partial charge in [-0.3, -0.25) is 0 Å². The van der Waals surface area contributed by atoms with Crippen molar-refractivity contribution >= 4 is 26.7 Å². The molecule has 2 aromatic rings. The van der Waals surface area contributed by atoms with Gasteiger partial charge in [0.2, 0.25) is 0 Å². The number of benzene rings is 1. The maximum atomic E-state index is 13.4. The van der Waals surface area contributed by atoms with Crippen molar-refractivity contribution in [1.82, 2.24) is 4.98 Å². The molecule has 6 heteroatoms. The second-order valence-electron chi connectivity index (χ2n) is 5.98. The molecule has 0 N–H and O–H groups in total. The number of anilines is 1. The minimum atomic E-state index is -2.43. The lowest BCUT2D eigenvalue weighted by Gasteiger charge is -2.31. The molecule has 0 atom stereocenters. The Labute approximate surface area is 125 Å². The van der Waals surface area contributed by atoms with Crippen molar-refractivity contribution in [3.8, 4) is 5.75 Å². The summed E-state index contributed by atoms with van der Waals surface area (Å²) in [6, 6.07) is 5.80.